The number of aromatic nitrogens is 2. The SMILES string of the molecule is Cc1cc(S(=O)(=O)N(OC(=O)C(F)(F)F)c2cscn2)ncc1N(C)[C@H]1CCN([C@H](C)c2ccccc2)C1. The van der Waals surface area contributed by atoms with E-state index in [-0.39, 0.29) is 16.6 Å². The summed E-state index contributed by atoms with van der Waals surface area (Å²) in [5.41, 5.74) is 3.63. The van der Waals surface area contributed by atoms with Gasteiger partial charge in [0.25, 0.3) is 0 Å². The first-order valence-corrected chi connectivity index (χ1v) is 14.0. The number of sulfonamides is 1. The number of pyridine rings is 1. The highest BCUT2D eigenvalue weighted by atomic mass is 32.2. The molecule has 4 rings (SSSR count). The molecular formula is C24H26F3N5O4S2. The fraction of sp³-hybridized carbons (Fsp3) is 0.375. The van der Waals surface area contributed by atoms with Crippen molar-refractivity contribution in [2.45, 2.75) is 43.6 Å². The Kier molecular flexibility index (Phi) is 7.95. The number of carbonyl (C=O) groups excluding carboxylic acids is 1. The van der Waals surface area contributed by atoms with Crippen LogP contribution in [0.2, 0.25) is 0 Å². The summed E-state index contributed by atoms with van der Waals surface area (Å²) in [6, 6.07) is 11.8. The van der Waals surface area contributed by atoms with Gasteiger partial charge in [0.1, 0.15) is 0 Å². The van der Waals surface area contributed by atoms with Crippen molar-refractivity contribution in [2.75, 3.05) is 29.5 Å². The van der Waals surface area contributed by atoms with Crippen LogP contribution < -0.4 is 9.37 Å². The Bertz CT molecular complexity index is 1370. The third kappa shape index (κ3) is 5.76. The van der Waals surface area contributed by atoms with Crippen LogP contribution in [0.4, 0.5) is 24.7 Å². The summed E-state index contributed by atoms with van der Waals surface area (Å²) in [5.74, 6) is -3.19. The van der Waals surface area contributed by atoms with E-state index in [0.29, 0.717) is 11.3 Å². The van der Waals surface area contributed by atoms with E-state index in [1.54, 1.807) is 6.92 Å². The molecule has 0 spiro atoms. The molecule has 0 saturated carbocycles. The molecule has 0 radical (unpaired) electrons. The van der Waals surface area contributed by atoms with E-state index < -0.39 is 33.0 Å². The van der Waals surface area contributed by atoms with Crippen LogP contribution in [0.15, 0.2) is 58.5 Å². The summed E-state index contributed by atoms with van der Waals surface area (Å²) in [5, 5.41) is 0.555. The van der Waals surface area contributed by atoms with Gasteiger partial charge in [0, 0.05) is 37.6 Å². The van der Waals surface area contributed by atoms with Gasteiger partial charge in [-0.1, -0.05) is 34.8 Å². The van der Waals surface area contributed by atoms with Crippen molar-refractivity contribution < 1.29 is 31.2 Å². The van der Waals surface area contributed by atoms with Crippen LogP contribution in [0.3, 0.4) is 0 Å². The summed E-state index contributed by atoms with van der Waals surface area (Å²) in [6.45, 7) is 5.51. The number of anilines is 2. The van der Waals surface area contributed by atoms with Crippen molar-refractivity contribution in [1.82, 2.24) is 14.9 Å². The number of rotatable bonds is 8. The van der Waals surface area contributed by atoms with Gasteiger partial charge in [0.05, 0.1) is 17.4 Å². The van der Waals surface area contributed by atoms with Crippen LogP contribution >= 0.6 is 11.3 Å². The summed E-state index contributed by atoms with van der Waals surface area (Å²) in [7, 11) is -2.92. The number of hydrogen-bond donors (Lipinski definition) is 0. The zero-order chi connectivity index (χ0) is 27.7. The first kappa shape index (κ1) is 27.8. The molecule has 0 unspecified atom stereocenters. The van der Waals surface area contributed by atoms with Crippen molar-refractivity contribution in [3.05, 3.63) is 64.6 Å². The zero-order valence-electron chi connectivity index (χ0n) is 20.8. The molecule has 1 aliphatic heterocycles. The zero-order valence-corrected chi connectivity index (χ0v) is 22.4. The van der Waals surface area contributed by atoms with Gasteiger partial charge < -0.3 is 9.74 Å². The second kappa shape index (κ2) is 10.9. The predicted molar refractivity (Wildman–Crippen MR) is 136 cm³/mol. The predicted octanol–water partition coefficient (Wildman–Crippen LogP) is 4.33. The Morgan fingerprint density at radius 3 is 2.55 bits per heavy atom. The first-order valence-electron chi connectivity index (χ1n) is 11.6. The number of carbonyl (C=O) groups is 1. The molecule has 1 aliphatic rings. The molecule has 1 saturated heterocycles. The van der Waals surface area contributed by atoms with Crippen LogP contribution in [0.5, 0.6) is 0 Å². The van der Waals surface area contributed by atoms with Crippen LogP contribution in [0.25, 0.3) is 0 Å². The van der Waals surface area contributed by atoms with Gasteiger partial charge in [-0.25, -0.2) is 14.8 Å². The monoisotopic (exact) mass is 569 g/mol. The lowest BCUT2D eigenvalue weighted by Gasteiger charge is -2.30. The quantitative estimate of drug-likeness (QED) is 0.370. The van der Waals surface area contributed by atoms with Crippen LogP contribution in [-0.4, -0.2) is 61.6 Å². The fourth-order valence-corrected chi connectivity index (χ4v) is 6.10. The number of likely N-dealkylation sites (N-methyl/N-ethyl adjacent to an activating group) is 1. The first-order chi connectivity index (χ1) is 17.9. The van der Waals surface area contributed by atoms with Crippen LogP contribution in [-0.2, 0) is 19.7 Å². The second-order valence-electron chi connectivity index (χ2n) is 8.90. The molecule has 0 N–H and O–H groups in total. The Morgan fingerprint density at radius 1 is 1.24 bits per heavy atom. The second-order valence-corrected chi connectivity index (χ2v) is 11.3. The minimum atomic E-state index is -5.41. The molecule has 3 heterocycles. The van der Waals surface area contributed by atoms with Gasteiger partial charge in [-0.15, -0.1) is 11.3 Å². The fourth-order valence-electron chi connectivity index (χ4n) is 4.34. The van der Waals surface area contributed by atoms with E-state index in [1.165, 1.54) is 23.3 Å². The average molecular weight is 570 g/mol. The lowest BCUT2D eigenvalue weighted by Crippen LogP contribution is -2.39. The Balaban J connectivity index is 1.54. The van der Waals surface area contributed by atoms with E-state index in [9.17, 15) is 26.4 Å². The number of likely N-dealkylation sites (tertiary alicyclic amines) is 1. The van der Waals surface area contributed by atoms with E-state index in [1.807, 2.05) is 30.1 Å². The summed E-state index contributed by atoms with van der Waals surface area (Å²) >= 11 is 0.917. The van der Waals surface area contributed by atoms with Crippen LogP contribution in [0, 0.1) is 6.92 Å². The van der Waals surface area contributed by atoms with Crippen molar-refractivity contribution in [1.29, 1.82) is 0 Å². The number of halogens is 3. The molecule has 1 fully saturated rings. The van der Waals surface area contributed by atoms with E-state index in [2.05, 4.69) is 38.8 Å². The van der Waals surface area contributed by atoms with E-state index >= 15 is 0 Å². The molecule has 2 atom stereocenters. The molecule has 204 valence electrons. The standard InChI is InChI=1S/C24H26F3N5O4S2/c1-16-11-22(38(34,35)32(21-14-37-15-29-21)36-23(33)24(25,26)27)28-12-20(16)30(3)19-9-10-31(13-19)17(2)18-7-5-4-6-8-18/h4-8,11-12,14-15,17,19H,9-10,13H2,1-3H3/t17-,19+/m1/s1. The largest absolute Gasteiger partial charge is 0.493 e. The van der Waals surface area contributed by atoms with Gasteiger partial charge in [-0.3, -0.25) is 4.90 Å². The van der Waals surface area contributed by atoms with Crippen molar-refractivity contribution in [2.24, 2.45) is 0 Å². The highest BCUT2D eigenvalue weighted by molar-refractivity contribution is 7.92. The van der Waals surface area contributed by atoms with Gasteiger partial charge in [0.2, 0.25) is 0 Å². The van der Waals surface area contributed by atoms with Gasteiger partial charge in [-0.2, -0.15) is 21.6 Å². The molecular weight excluding hydrogens is 543 g/mol. The highest BCUT2D eigenvalue weighted by Crippen LogP contribution is 2.31. The molecule has 1 aromatic carbocycles. The highest BCUT2D eigenvalue weighted by Gasteiger charge is 2.45. The lowest BCUT2D eigenvalue weighted by atomic mass is 10.1. The third-order valence-electron chi connectivity index (χ3n) is 6.50. The smallest absolute Gasteiger partial charge is 0.369 e. The summed E-state index contributed by atoms with van der Waals surface area (Å²) in [6.07, 6.45) is -3.17. The van der Waals surface area contributed by atoms with Crippen molar-refractivity contribution >= 4 is 38.8 Å². The minimum Gasteiger partial charge on any atom is -0.369 e. The number of benzene rings is 1. The summed E-state index contributed by atoms with van der Waals surface area (Å²) < 4.78 is 64.7. The normalized spacial score (nSPS) is 17.3. The average Bonchev–Trinajstić information content (AvgIpc) is 3.59. The van der Waals surface area contributed by atoms with Gasteiger partial charge >= 0.3 is 22.2 Å². The Labute approximate surface area is 222 Å². The molecule has 14 heteroatoms. The van der Waals surface area contributed by atoms with Crippen molar-refractivity contribution in [3.8, 4) is 0 Å². The summed E-state index contributed by atoms with van der Waals surface area (Å²) in [4.78, 5) is 27.8. The topological polar surface area (TPSA) is 95.9 Å². The maximum absolute atomic E-state index is 13.2. The molecule has 0 amide bonds. The number of thiazole rings is 1. The molecule has 3 aromatic rings. The van der Waals surface area contributed by atoms with Crippen molar-refractivity contribution in [3.63, 3.8) is 0 Å². The number of aryl methyl sites for hydroxylation is 1. The number of nitrogens with zero attached hydrogens (tertiary/aromatic N) is 5. The Morgan fingerprint density at radius 2 is 1.95 bits per heavy atom. The Hall–Kier alpha value is -3.23. The van der Waals surface area contributed by atoms with Gasteiger partial charge in [-0.05, 0) is 37.5 Å². The molecule has 0 aliphatic carbocycles. The number of alkyl halides is 3. The van der Waals surface area contributed by atoms with Gasteiger partial charge in [0.15, 0.2) is 10.8 Å². The molecule has 0 bridgehead atoms. The van der Waals surface area contributed by atoms with E-state index in [4.69, 9.17) is 0 Å². The molecule has 2 aromatic heterocycles. The van der Waals surface area contributed by atoms with Crippen LogP contribution in [0.1, 0.15) is 30.5 Å². The maximum atomic E-state index is 13.2. The maximum Gasteiger partial charge on any atom is 0.493 e. The lowest BCUT2D eigenvalue weighted by molar-refractivity contribution is -0.199. The molecule has 9 nitrogen and oxygen atoms in total. The minimum absolute atomic E-state index is 0.142. The van der Waals surface area contributed by atoms with E-state index in [0.717, 1.165) is 36.2 Å². The number of hydrogen-bond acceptors (Lipinski definition) is 9. The molecule has 38 heavy (non-hydrogen) atoms. The third-order valence-corrected chi connectivity index (χ3v) is 8.52.